The van der Waals surface area contributed by atoms with Crippen LogP contribution in [0.4, 0.5) is 24.9 Å². The molecule has 12 heteroatoms. The van der Waals surface area contributed by atoms with Crippen molar-refractivity contribution in [3.05, 3.63) is 48.5 Å². The average Bonchev–Trinajstić information content (AvgIpc) is 3.41. The Balaban J connectivity index is 1.53. The van der Waals surface area contributed by atoms with Gasteiger partial charge in [0.05, 0.1) is 28.7 Å². The Morgan fingerprint density at radius 3 is 2.69 bits per heavy atom. The van der Waals surface area contributed by atoms with Crippen LogP contribution >= 0.6 is 0 Å². The predicted octanol–water partition coefficient (Wildman–Crippen LogP) is 4.02. The van der Waals surface area contributed by atoms with Crippen LogP contribution in [0, 0.1) is 0 Å². The number of aromatic nitrogens is 6. The molecule has 0 bridgehead atoms. The van der Waals surface area contributed by atoms with Crippen molar-refractivity contribution in [3.63, 3.8) is 0 Å². The molecule has 0 aliphatic carbocycles. The summed E-state index contributed by atoms with van der Waals surface area (Å²) >= 11 is 0. The molecule has 0 aliphatic rings. The normalized spacial score (nSPS) is 12.5. The van der Waals surface area contributed by atoms with Crippen LogP contribution in [0.5, 0.6) is 0 Å². The lowest BCUT2D eigenvalue weighted by Gasteiger charge is -2.09. The molecule has 0 saturated carbocycles. The number of hydrogen-bond donors (Lipinski definition) is 3. The summed E-state index contributed by atoms with van der Waals surface area (Å²) in [6.07, 6.45) is 0.261. The van der Waals surface area contributed by atoms with Gasteiger partial charge in [-0.2, -0.15) is 5.10 Å². The lowest BCUT2D eigenvalue weighted by atomic mass is 10.2. The zero-order valence-corrected chi connectivity index (χ0v) is 17.1. The summed E-state index contributed by atoms with van der Waals surface area (Å²) in [7, 11) is 0. The van der Waals surface area contributed by atoms with Crippen LogP contribution in [0.1, 0.15) is 30.2 Å². The molecule has 0 fully saturated rings. The minimum atomic E-state index is -3.20. The van der Waals surface area contributed by atoms with Gasteiger partial charge in [-0.25, -0.2) is 28.1 Å². The number of pyridine rings is 1. The van der Waals surface area contributed by atoms with E-state index in [0.29, 0.717) is 28.3 Å². The van der Waals surface area contributed by atoms with E-state index in [4.69, 9.17) is 0 Å². The molecular weight excluding hydrogens is 425 g/mol. The summed E-state index contributed by atoms with van der Waals surface area (Å²) in [6.45, 7) is 3.91. The molecule has 32 heavy (non-hydrogen) atoms. The van der Waals surface area contributed by atoms with Crippen LogP contribution in [0.15, 0.2) is 43.0 Å². The number of hydrogen-bond acceptors (Lipinski definition) is 6. The van der Waals surface area contributed by atoms with Gasteiger partial charge in [-0.15, -0.1) is 0 Å². The van der Waals surface area contributed by atoms with Crippen molar-refractivity contribution in [1.29, 1.82) is 0 Å². The maximum absolute atomic E-state index is 13.2. The molecule has 4 heterocycles. The van der Waals surface area contributed by atoms with Gasteiger partial charge in [0.15, 0.2) is 0 Å². The van der Waals surface area contributed by atoms with Gasteiger partial charge < -0.3 is 15.6 Å². The second-order valence-electron chi connectivity index (χ2n) is 7.24. The average molecular weight is 444 g/mol. The van der Waals surface area contributed by atoms with E-state index < -0.39 is 12.7 Å². The number of carbonyl (C=O) groups is 1. The van der Waals surface area contributed by atoms with E-state index in [1.54, 1.807) is 35.3 Å². The van der Waals surface area contributed by atoms with Gasteiger partial charge in [0.2, 0.25) is 12.2 Å². The Labute approximate surface area is 180 Å². The highest BCUT2D eigenvalue weighted by Crippen LogP contribution is 2.25. The van der Waals surface area contributed by atoms with Crippen molar-refractivity contribution in [2.75, 3.05) is 10.6 Å². The van der Waals surface area contributed by atoms with Crippen molar-refractivity contribution >= 4 is 28.6 Å². The van der Waals surface area contributed by atoms with Crippen molar-refractivity contribution in [2.24, 2.45) is 0 Å². The highest BCUT2D eigenvalue weighted by atomic mass is 19.3. The third kappa shape index (κ3) is 4.53. The Kier molecular flexibility index (Phi) is 5.75. The van der Waals surface area contributed by atoms with Crippen molar-refractivity contribution in [1.82, 2.24) is 29.7 Å². The number of carbonyl (C=O) groups excluding carboxylic acids is 1. The molecule has 0 aliphatic heterocycles. The zero-order chi connectivity index (χ0) is 22.8. The minimum absolute atomic E-state index is 0.132. The van der Waals surface area contributed by atoms with Crippen LogP contribution in [0.3, 0.4) is 0 Å². The fraction of sp³-hybridized carbons (Fsp3) is 0.250. The van der Waals surface area contributed by atoms with E-state index >= 15 is 0 Å². The minimum Gasteiger partial charge on any atom is -0.353 e. The summed E-state index contributed by atoms with van der Waals surface area (Å²) in [5, 5.41) is 9.52. The molecule has 0 radical (unpaired) electrons. The number of rotatable bonds is 7. The smallest absolute Gasteiger partial charge is 0.287 e. The number of H-pyrrole nitrogens is 1. The van der Waals surface area contributed by atoms with E-state index in [2.05, 4.69) is 30.4 Å². The number of alkyl halides is 3. The first-order chi connectivity index (χ1) is 15.3. The van der Waals surface area contributed by atoms with Gasteiger partial charge in [0.1, 0.15) is 5.82 Å². The highest BCUT2D eigenvalue weighted by molar-refractivity contribution is 6.04. The maximum Gasteiger partial charge on any atom is 0.287 e. The fourth-order valence-electron chi connectivity index (χ4n) is 2.92. The molecule has 4 rings (SSSR count). The highest BCUT2D eigenvalue weighted by Gasteiger charge is 2.20. The van der Waals surface area contributed by atoms with Gasteiger partial charge in [0, 0.05) is 36.1 Å². The first kappa shape index (κ1) is 21.3. The fourth-order valence-corrected chi connectivity index (χ4v) is 2.92. The third-order valence-corrected chi connectivity index (χ3v) is 4.56. The second-order valence-corrected chi connectivity index (χ2v) is 7.24. The number of fused-ring (bicyclic) bond motifs is 1. The molecule has 1 atom stereocenters. The van der Waals surface area contributed by atoms with Gasteiger partial charge in [-0.1, -0.05) is 0 Å². The van der Waals surface area contributed by atoms with E-state index in [1.165, 1.54) is 12.4 Å². The monoisotopic (exact) mass is 444 g/mol. The van der Waals surface area contributed by atoms with Crippen molar-refractivity contribution in [3.8, 4) is 11.4 Å². The van der Waals surface area contributed by atoms with Gasteiger partial charge in [-0.05, 0) is 26.0 Å². The van der Waals surface area contributed by atoms with Gasteiger partial charge in [0.25, 0.3) is 12.3 Å². The molecule has 4 aromatic heterocycles. The molecule has 9 nitrogen and oxygen atoms in total. The number of anilines is 2. The lowest BCUT2D eigenvalue weighted by Crippen LogP contribution is -2.23. The Morgan fingerprint density at radius 2 is 1.97 bits per heavy atom. The summed E-state index contributed by atoms with van der Waals surface area (Å²) in [5.74, 6) is -0.278. The molecule has 166 valence electrons. The number of nitrogens with one attached hydrogen (secondary N) is 3. The summed E-state index contributed by atoms with van der Waals surface area (Å²) in [5.41, 5.74) is 1.98. The molecule has 3 N–H and O–H groups in total. The molecule has 4 aromatic rings. The molecule has 0 spiro atoms. The lowest BCUT2D eigenvalue weighted by molar-refractivity contribution is 0.0646. The van der Waals surface area contributed by atoms with Gasteiger partial charge >= 0.3 is 0 Å². The Morgan fingerprint density at radius 1 is 1.16 bits per heavy atom. The Hall–Kier alpha value is -3.96. The van der Waals surface area contributed by atoms with E-state index in [-0.39, 0.29) is 17.9 Å². The van der Waals surface area contributed by atoms with Crippen LogP contribution in [-0.4, -0.2) is 48.3 Å². The summed E-state index contributed by atoms with van der Waals surface area (Å²) in [4.78, 5) is 27.6. The number of aromatic amines is 1. The standard InChI is InChI=1S/C20H19F3N8O/c1-10(2)31-9-12(8-26-31)19(32)29-16-6-14-11(7-25-16)5-15(27-14)13-3-4-24-20(28-13)30-18(23)17(21)22/h3-10,17-18,27H,1-2H3,(H,24,28,30)(H,25,29,32). The van der Waals surface area contributed by atoms with E-state index in [1.807, 2.05) is 19.2 Å². The molecular formula is C20H19F3N8O. The molecule has 1 unspecified atom stereocenters. The van der Waals surface area contributed by atoms with E-state index in [0.717, 1.165) is 5.39 Å². The molecule has 0 saturated heterocycles. The largest absolute Gasteiger partial charge is 0.353 e. The first-order valence-electron chi connectivity index (χ1n) is 9.66. The van der Waals surface area contributed by atoms with Crippen LogP contribution in [-0.2, 0) is 0 Å². The van der Waals surface area contributed by atoms with Crippen molar-refractivity contribution < 1.29 is 18.0 Å². The molecule has 0 aromatic carbocycles. The zero-order valence-electron chi connectivity index (χ0n) is 17.1. The quantitative estimate of drug-likeness (QED) is 0.371. The summed E-state index contributed by atoms with van der Waals surface area (Å²) < 4.78 is 39.7. The molecule has 1 amide bonds. The van der Waals surface area contributed by atoms with E-state index in [9.17, 15) is 18.0 Å². The Bertz CT molecular complexity index is 1250. The first-order valence-corrected chi connectivity index (χ1v) is 9.66. The maximum atomic E-state index is 13.2. The predicted molar refractivity (Wildman–Crippen MR) is 112 cm³/mol. The van der Waals surface area contributed by atoms with Gasteiger partial charge in [-0.3, -0.25) is 9.48 Å². The number of amides is 1. The topological polar surface area (TPSA) is 113 Å². The van der Waals surface area contributed by atoms with Crippen LogP contribution in [0.2, 0.25) is 0 Å². The third-order valence-electron chi connectivity index (χ3n) is 4.56. The van der Waals surface area contributed by atoms with Crippen molar-refractivity contribution in [2.45, 2.75) is 32.6 Å². The SMILES string of the molecule is CC(C)n1cc(C(=O)Nc2cc3[nH]c(-c4ccnc(NC(F)C(F)F)n4)cc3cn2)cn1. The number of halogens is 3. The van der Waals surface area contributed by atoms with Crippen LogP contribution < -0.4 is 10.6 Å². The summed E-state index contributed by atoms with van der Waals surface area (Å²) in [6, 6.07) is 5.08. The second kappa shape index (κ2) is 8.65. The van der Waals surface area contributed by atoms with Crippen LogP contribution in [0.25, 0.3) is 22.3 Å². The number of nitrogens with zero attached hydrogens (tertiary/aromatic N) is 5.